The van der Waals surface area contributed by atoms with Gasteiger partial charge in [-0.3, -0.25) is 4.79 Å². The number of nitrogens with one attached hydrogen (secondary N) is 2. The summed E-state index contributed by atoms with van der Waals surface area (Å²) in [6, 6.07) is 3.28. The van der Waals surface area contributed by atoms with E-state index in [-0.39, 0.29) is 16.7 Å². The second kappa shape index (κ2) is 7.62. The van der Waals surface area contributed by atoms with Crippen LogP contribution in [0.4, 0.5) is 0 Å². The molecule has 0 aliphatic carbocycles. The fourth-order valence-electron chi connectivity index (χ4n) is 1.45. The molecule has 1 aromatic rings. The van der Waals surface area contributed by atoms with Gasteiger partial charge in [-0.2, -0.15) is 0 Å². The first kappa shape index (κ1) is 16.1. The molecule has 0 aliphatic rings. The van der Waals surface area contributed by atoms with Crippen LogP contribution in [-0.2, 0) is 14.8 Å². The predicted molar refractivity (Wildman–Crippen MR) is 76.8 cm³/mol. The molecule has 0 unspecified atom stereocenters. The zero-order valence-corrected chi connectivity index (χ0v) is 12.9. The van der Waals surface area contributed by atoms with Crippen LogP contribution in [0.3, 0.4) is 0 Å². The smallest absolute Gasteiger partial charge is 0.250 e. The zero-order valence-electron chi connectivity index (χ0n) is 11.2. The highest BCUT2D eigenvalue weighted by atomic mass is 32.2. The summed E-state index contributed by atoms with van der Waals surface area (Å²) >= 11 is 1.19. The summed E-state index contributed by atoms with van der Waals surface area (Å²) in [6.07, 6.45) is 3.06. The normalized spacial score (nSPS) is 11.5. The maximum absolute atomic E-state index is 11.8. The van der Waals surface area contributed by atoms with E-state index in [1.165, 1.54) is 11.3 Å². The third-order valence-corrected chi connectivity index (χ3v) is 5.40. The van der Waals surface area contributed by atoms with Crippen LogP contribution >= 0.6 is 11.3 Å². The van der Waals surface area contributed by atoms with Gasteiger partial charge in [0.05, 0.1) is 6.54 Å². The minimum Gasteiger partial charge on any atom is -0.355 e. The van der Waals surface area contributed by atoms with Crippen LogP contribution in [0.25, 0.3) is 0 Å². The summed E-state index contributed by atoms with van der Waals surface area (Å²) in [4.78, 5) is 12.4. The Morgan fingerprint density at radius 3 is 2.63 bits per heavy atom. The quantitative estimate of drug-likeness (QED) is 0.717. The van der Waals surface area contributed by atoms with Crippen molar-refractivity contribution in [3.63, 3.8) is 0 Å². The van der Waals surface area contributed by atoms with Gasteiger partial charge < -0.3 is 5.32 Å². The molecule has 0 bridgehead atoms. The van der Waals surface area contributed by atoms with Crippen LogP contribution in [-0.4, -0.2) is 27.4 Å². The van der Waals surface area contributed by atoms with E-state index in [4.69, 9.17) is 0 Å². The van der Waals surface area contributed by atoms with E-state index in [1.54, 1.807) is 12.1 Å². The first-order valence-electron chi connectivity index (χ1n) is 6.28. The van der Waals surface area contributed by atoms with Crippen molar-refractivity contribution in [1.82, 2.24) is 10.0 Å². The summed E-state index contributed by atoms with van der Waals surface area (Å²) in [5.41, 5.74) is 0. The number of thiophene rings is 1. The first-order chi connectivity index (χ1) is 8.95. The third-order valence-electron chi connectivity index (χ3n) is 2.51. The summed E-state index contributed by atoms with van der Waals surface area (Å²) < 4.78 is 26.2. The van der Waals surface area contributed by atoms with Crippen LogP contribution in [0, 0.1) is 6.92 Å². The summed E-state index contributed by atoms with van der Waals surface area (Å²) in [7, 11) is -3.56. The Morgan fingerprint density at radius 2 is 2.05 bits per heavy atom. The summed E-state index contributed by atoms with van der Waals surface area (Å²) in [6.45, 7) is 4.29. The van der Waals surface area contributed by atoms with E-state index < -0.39 is 10.0 Å². The number of sulfonamides is 1. The molecule has 0 spiro atoms. The number of unbranched alkanes of at least 4 members (excludes halogenated alkanes) is 2. The van der Waals surface area contributed by atoms with Crippen LogP contribution in [0.5, 0.6) is 0 Å². The van der Waals surface area contributed by atoms with E-state index in [9.17, 15) is 13.2 Å². The predicted octanol–water partition coefficient (Wildman–Crippen LogP) is 1.64. The van der Waals surface area contributed by atoms with Crippen molar-refractivity contribution < 1.29 is 13.2 Å². The molecule has 0 radical (unpaired) electrons. The molecular weight excluding hydrogens is 284 g/mol. The molecule has 0 atom stereocenters. The average molecular weight is 304 g/mol. The number of hydrogen-bond acceptors (Lipinski definition) is 4. The van der Waals surface area contributed by atoms with E-state index in [0.29, 0.717) is 6.54 Å². The molecular formula is C12H20N2O3S2. The highest BCUT2D eigenvalue weighted by Gasteiger charge is 2.16. The number of amides is 1. The lowest BCUT2D eigenvalue weighted by atomic mass is 10.2. The number of aryl methyl sites for hydroxylation is 1. The van der Waals surface area contributed by atoms with Crippen LogP contribution < -0.4 is 10.0 Å². The average Bonchev–Trinajstić information content (AvgIpc) is 2.80. The van der Waals surface area contributed by atoms with Crippen molar-refractivity contribution in [3.8, 4) is 0 Å². The Hall–Kier alpha value is -0.920. The molecule has 0 saturated heterocycles. The number of rotatable bonds is 8. The van der Waals surface area contributed by atoms with Crippen molar-refractivity contribution in [1.29, 1.82) is 0 Å². The van der Waals surface area contributed by atoms with Gasteiger partial charge >= 0.3 is 0 Å². The van der Waals surface area contributed by atoms with Crippen LogP contribution in [0.15, 0.2) is 16.3 Å². The molecule has 0 aliphatic heterocycles. The van der Waals surface area contributed by atoms with Gasteiger partial charge in [-0.1, -0.05) is 19.8 Å². The Balaban J connectivity index is 2.37. The maximum Gasteiger partial charge on any atom is 0.250 e. The molecule has 5 nitrogen and oxygen atoms in total. The Kier molecular flexibility index (Phi) is 6.47. The minimum absolute atomic E-state index is 0.217. The maximum atomic E-state index is 11.8. The monoisotopic (exact) mass is 304 g/mol. The molecule has 0 saturated carbocycles. The number of carbonyl (C=O) groups is 1. The third kappa shape index (κ3) is 5.71. The van der Waals surface area contributed by atoms with Crippen molar-refractivity contribution in [2.75, 3.05) is 13.1 Å². The second-order valence-corrected chi connectivity index (χ2v) is 7.53. The van der Waals surface area contributed by atoms with Crippen molar-refractivity contribution in [3.05, 3.63) is 17.0 Å². The Morgan fingerprint density at radius 1 is 1.32 bits per heavy atom. The largest absolute Gasteiger partial charge is 0.355 e. The van der Waals surface area contributed by atoms with E-state index in [1.807, 2.05) is 6.92 Å². The van der Waals surface area contributed by atoms with Crippen LogP contribution in [0.1, 0.15) is 31.1 Å². The molecule has 108 valence electrons. The molecule has 2 N–H and O–H groups in total. The van der Waals surface area contributed by atoms with E-state index >= 15 is 0 Å². The fourth-order valence-corrected chi connectivity index (χ4v) is 3.76. The highest BCUT2D eigenvalue weighted by Crippen LogP contribution is 2.19. The highest BCUT2D eigenvalue weighted by molar-refractivity contribution is 7.91. The second-order valence-electron chi connectivity index (χ2n) is 4.25. The topological polar surface area (TPSA) is 75.3 Å². The zero-order chi connectivity index (χ0) is 14.3. The molecule has 0 fully saturated rings. The lowest BCUT2D eigenvalue weighted by molar-refractivity contribution is -0.119. The van der Waals surface area contributed by atoms with Gasteiger partial charge in [-0.25, -0.2) is 13.1 Å². The Labute approximate surface area is 118 Å². The number of hydrogen-bond donors (Lipinski definition) is 2. The van der Waals surface area contributed by atoms with E-state index in [0.717, 1.165) is 24.1 Å². The van der Waals surface area contributed by atoms with Crippen molar-refractivity contribution >= 4 is 27.3 Å². The number of carbonyl (C=O) groups excluding carboxylic acids is 1. The van der Waals surface area contributed by atoms with Gasteiger partial charge in [0.1, 0.15) is 4.21 Å². The van der Waals surface area contributed by atoms with Crippen molar-refractivity contribution in [2.45, 2.75) is 37.3 Å². The van der Waals surface area contributed by atoms with Crippen molar-refractivity contribution in [2.24, 2.45) is 0 Å². The molecule has 1 heterocycles. The van der Waals surface area contributed by atoms with Gasteiger partial charge in [-0.05, 0) is 25.5 Å². The summed E-state index contributed by atoms with van der Waals surface area (Å²) in [5.74, 6) is -0.298. The lowest BCUT2D eigenvalue weighted by Crippen LogP contribution is -2.37. The standard InChI is InChI=1S/C12H20N2O3S2/c1-3-4-5-8-13-11(15)9-14-19(16,17)12-7-6-10(2)18-12/h6-7,14H,3-5,8-9H2,1-2H3,(H,13,15). The molecule has 7 heteroatoms. The van der Waals surface area contributed by atoms with Crippen LogP contribution in [0.2, 0.25) is 0 Å². The first-order valence-corrected chi connectivity index (χ1v) is 8.58. The SMILES string of the molecule is CCCCCNC(=O)CNS(=O)(=O)c1ccc(C)s1. The van der Waals surface area contributed by atoms with Gasteiger partial charge in [0, 0.05) is 11.4 Å². The summed E-state index contributed by atoms with van der Waals surface area (Å²) in [5, 5.41) is 2.68. The molecule has 1 rings (SSSR count). The van der Waals surface area contributed by atoms with Gasteiger partial charge in [-0.15, -0.1) is 11.3 Å². The molecule has 0 aromatic carbocycles. The van der Waals surface area contributed by atoms with E-state index in [2.05, 4.69) is 17.0 Å². The van der Waals surface area contributed by atoms with Gasteiger partial charge in [0.15, 0.2) is 0 Å². The van der Waals surface area contributed by atoms with Gasteiger partial charge in [0.25, 0.3) is 10.0 Å². The molecule has 1 amide bonds. The van der Waals surface area contributed by atoms with Gasteiger partial charge in [0.2, 0.25) is 5.91 Å². The minimum atomic E-state index is -3.56. The molecule has 1 aromatic heterocycles. The molecule has 19 heavy (non-hydrogen) atoms. The lowest BCUT2D eigenvalue weighted by Gasteiger charge is -2.06. The fraction of sp³-hybridized carbons (Fsp3) is 0.583. The Bertz CT molecular complexity index is 509.